The van der Waals surface area contributed by atoms with Crippen LogP contribution in [-0.2, 0) is 0 Å². The Morgan fingerprint density at radius 2 is 1.89 bits per heavy atom. The minimum Gasteiger partial charge on any atom is -0.394 e. The predicted molar refractivity (Wildman–Crippen MR) is 66.4 cm³/mol. The number of benzene rings is 1. The standard InChI is InChI=1S/C12H14N2O5/c15-5-8(16)10(17)11(18)9-12(19)14-7-4-2-1-3-6(7)13-9/h1-4,8,10-11,15-18H,5H2,(H,14,19)/t8-,10+,11+/m1/s1. The molecule has 0 bridgehead atoms. The number of hydrogen-bond donors (Lipinski definition) is 5. The van der Waals surface area contributed by atoms with E-state index in [1.807, 2.05) is 0 Å². The van der Waals surface area contributed by atoms with Crippen molar-refractivity contribution in [3.8, 4) is 0 Å². The van der Waals surface area contributed by atoms with Crippen LogP contribution >= 0.6 is 0 Å². The molecule has 102 valence electrons. The molecule has 0 fully saturated rings. The van der Waals surface area contributed by atoms with Crippen LogP contribution in [-0.4, -0.2) is 49.2 Å². The molecule has 0 radical (unpaired) electrons. The summed E-state index contributed by atoms with van der Waals surface area (Å²) in [5.41, 5.74) is -0.0171. The molecule has 2 rings (SSSR count). The number of nitrogens with one attached hydrogen (secondary N) is 1. The van der Waals surface area contributed by atoms with Gasteiger partial charge in [0.05, 0.1) is 17.6 Å². The number of para-hydroxylation sites is 2. The summed E-state index contributed by atoms with van der Waals surface area (Å²) in [6, 6.07) is 6.72. The summed E-state index contributed by atoms with van der Waals surface area (Å²) in [6.07, 6.45) is -4.93. The third-order valence-electron chi connectivity index (χ3n) is 2.81. The number of nitrogens with zero attached hydrogens (tertiary/aromatic N) is 1. The van der Waals surface area contributed by atoms with Crippen molar-refractivity contribution in [2.24, 2.45) is 0 Å². The van der Waals surface area contributed by atoms with Crippen LogP contribution in [0.25, 0.3) is 11.0 Å². The van der Waals surface area contributed by atoms with Gasteiger partial charge in [-0.2, -0.15) is 0 Å². The number of aromatic amines is 1. The van der Waals surface area contributed by atoms with Crippen LogP contribution in [0.2, 0.25) is 0 Å². The molecule has 0 spiro atoms. The zero-order valence-electron chi connectivity index (χ0n) is 9.89. The number of fused-ring (bicyclic) bond motifs is 1. The first kappa shape index (κ1) is 13.6. The number of rotatable bonds is 4. The maximum atomic E-state index is 11.8. The van der Waals surface area contributed by atoms with Crippen molar-refractivity contribution in [3.05, 3.63) is 40.3 Å². The summed E-state index contributed by atoms with van der Waals surface area (Å²) in [7, 11) is 0. The van der Waals surface area contributed by atoms with Crippen molar-refractivity contribution < 1.29 is 20.4 Å². The van der Waals surface area contributed by atoms with E-state index >= 15 is 0 Å². The molecule has 19 heavy (non-hydrogen) atoms. The van der Waals surface area contributed by atoms with Gasteiger partial charge < -0.3 is 25.4 Å². The molecule has 0 aliphatic carbocycles. The van der Waals surface area contributed by atoms with Gasteiger partial charge >= 0.3 is 0 Å². The minimum atomic E-state index is -1.69. The molecule has 5 N–H and O–H groups in total. The van der Waals surface area contributed by atoms with E-state index in [2.05, 4.69) is 9.97 Å². The lowest BCUT2D eigenvalue weighted by Gasteiger charge is -2.20. The summed E-state index contributed by atoms with van der Waals surface area (Å²) < 4.78 is 0. The van der Waals surface area contributed by atoms with Crippen molar-refractivity contribution in [1.82, 2.24) is 9.97 Å². The highest BCUT2D eigenvalue weighted by molar-refractivity contribution is 5.73. The van der Waals surface area contributed by atoms with E-state index in [1.54, 1.807) is 24.3 Å². The zero-order valence-corrected chi connectivity index (χ0v) is 9.89. The molecule has 1 aromatic carbocycles. The van der Waals surface area contributed by atoms with Crippen LogP contribution in [0, 0.1) is 0 Å². The Kier molecular flexibility index (Phi) is 3.91. The Bertz CT molecular complexity index is 627. The predicted octanol–water partition coefficient (Wildman–Crippen LogP) is -1.33. The van der Waals surface area contributed by atoms with Crippen molar-refractivity contribution >= 4 is 11.0 Å². The first-order valence-corrected chi connectivity index (χ1v) is 5.68. The molecular formula is C12H14N2O5. The highest BCUT2D eigenvalue weighted by Crippen LogP contribution is 2.16. The SMILES string of the molecule is O=c1[nH]c2ccccc2nc1[C@H](O)[C@@H](O)[C@H](O)CO. The van der Waals surface area contributed by atoms with E-state index in [9.17, 15) is 20.1 Å². The second-order valence-electron chi connectivity index (χ2n) is 4.15. The van der Waals surface area contributed by atoms with E-state index in [1.165, 1.54) is 0 Å². The number of aliphatic hydroxyl groups excluding tert-OH is 4. The molecule has 7 heteroatoms. The van der Waals surface area contributed by atoms with Crippen molar-refractivity contribution in [1.29, 1.82) is 0 Å². The van der Waals surface area contributed by atoms with E-state index < -0.39 is 30.5 Å². The van der Waals surface area contributed by atoms with Crippen molar-refractivity contribution in [2.45, 2.75) is 18.3 Å². The topological polar surface area (TPSA) is 127 Å². The van der Waals surface area contributed by atoms with Gasteiger partial charge in [-0.05, 0) is 12.1 Å². The molecule has 1 aromatic heterocycles. The van der Waals surface area contributed by atoms with Gasteiger partial charge in [0.2, 0.25) is 0 Å². The van der Waals surface area contributed by atoms with Crippen LogP contribution in [0.5, 0.6) is 0 Å². The quantitative estimate of drug-likeness (QED) is 0.466. The monoisotopic (exact) mass is 266 g/mol. The maximum Gasteiger partial charge on any atom is 0.272 e. The van der Waals surface area contributed by atoms with E-state index in [0.29, 0.717) is 11.0 Å². The molecule has 0 aliphatic heterocycles. The van der Waals surface area contributed by atoms with Gasteiger partial charge in [0.1, 0.15) is 24.0 Å². The summed E-state index contributed by atoms with van der Waals surface area (Å²) in [4.78, 5) is 18.2. The highest BCUT2D eigenvalue weighted by Gasteiger charge is 2.28. The number of aromatic nitrogens is 2. The average molecular weight is 266 g/mol. The van der Waals surface area contributed by atoms with Gasteiger partial charge in [-0.15, -0.1) is 0 Å². The van der Waals surface area contributed by atoms with Crippen LogP contribution in [0.4, 0.5) is 0 Å². The van der Waals surface area contributed by atoms with Crippen LogP contribution in [0.1, 0.15) is 11.8 Å². The number of aliphatic hydroxyl groups is 4. The third kappa shape index (κ3) is 2.64. The molecule has 3 atom stereocenters. The summed E-state index contributed by atoms with van der Waals surface area (Å²) in [5.74, 6) is 0. The average Bonchev–Trinajstić information content (AvgIpc) is 2.44. The van der Waals surface area contributed by atoms with Crippen LogP contribution in [0.3, 0.4) is 0 Å². The summed E-state index contributed by atoms with van der Waals surface area (Å²) >= 11 is 0. The van der Waals surface area contributed by atoms with Gasteiger partial charge in [0.25, 0.3) is 5.56 Å². The molecule has 2 aromatic rings. The lowest BCUT2D eigenvalue weighted by atomic mass is 10.1. The zero-order chi connectivity index (χ0) is 14.0. The molecule has 0 saturated carbocycles. The summed E-state index contributed by atoms with van der Waals surface area (Å²) in [5, 5.41) is 37.4. The van der Waals surface area contributed by atoms with E-state index in [-0.39, 0.29) is 5.69 Å². The van der Waals surface area contributed by atoms with Gasteiger partial charge in [-0.1, -0.05) is 12.1 Å². The summed E-state index contributed by atoms with van der Waals surface area (Å²) in [6.45, 7) is -0.732. The number of H-pyrrole nitrogens is 1. The van der Waals surface area contributed by atoms with E-state index in [4.69, 9.17) is 5.11 Å². The Balaban J connectivity index is 2.44. The first-order chi connectivity index (χ1) is 9.04. The fourth-order valence-corrected chi connectivity index (χ4v) is 1.72. The Labute approximate surface area is 107 Å². The van der Waals surface area contributed by atoms with E-state index in [0.717, 1.165) is 0 Å². The molecule has 0 unspecified atom stereocenters. The largest absolute Gasteiger partial charge is 0.394 e. The normalized spacial score (nSPS) is 16.2. The van der Waals surface area contributed by atoms with Crippen LogP contribution in [0.15, 0.2) is 29.1 Å². The molecule has 0 saturated heterocycles. The van der Waals surface area contributed by atoms with Crippen LogP contribution < -0.4 is 5.56 Å². The molecule has 7 nitrogen and oxygen atoms in total. The Morgan fingerprint density at radius 3 is 2.58 bits per heavy atom. The second-order valence-corrected chi connectivity index (χ2v) is 4.15. The van der Waals surface area contributed by atoms with Gasteiger partial charge in [-0.3, -0.25) is 4.79 Å². The molecule has 0 amide bonds. The Hall–Kier alpha value is -1.80. The van der Waals surface area contributed by atoms with Crippen molar-refractivity contribution in [2.75, 3.05) is 6.61 Å². The third-order valence-corrected chi connectivity index (χ3v) is 2.81. The highest BCUT2D eigenvalue weighted by atomic mass is 16.4. The first-order valence-electron chi connectivity index (χ1n) is 5.68. The molecule has 1 heterocycles. The number of hydrogen-bond acceptors (Lipinski definition) is 6. The lowest BCUT2D eigenvalue weighted by Crippen LogP contribution is -2.37. The Morgan fingerprint density at radius 1 is 1.21 bits per heavy atom. The molecule has 0 aliphatic rings. The van der Waals surface area contributed by atoms with Gasteiger partial charge in [0.15, 0.2) is 0 Å². The second kappa shape index (κ2) is 5.45. The fraction of sp³-hybridized carbons (Fsp3) is 0.333. The minimum absolute atomic E-state index is 0.307. The maximum absolute atomic E-state index is 11.8. The van der Waals surface area contributed by atoms with Gasteiger partial charge in [-0.25, -0.2) is 4.98 Å². The lowest BCUT2D eigenvalue weighted by molar-refractivity contribution is -0.0792. The molecular weight excluding hydrogens is 252 g/mol. The van der Waals surface area contributed by atoms with Gasteiger partial charge in [0, 0.05) is 0 Å². The van der Waals surface area contributed by atoms with Crippen molar-refractivity contribution in [3.63, 3.8) is 0 Å². The fourth-order valence-electron chi connectivity index (χ4n) is 1.72. The smallest absolute Gasteiger partial charge is 0.272 e.